The fourth-order valence-electron chi connectivity index (χ4n) is 3.51. The first-order valence-electron chi connectivity index (χ1n) is 7.34. The lowest BCUT2D eigenvalue weighted by atomic mass is 10.1. The lowest BCUT2D eigenvalue weighted by molar-refractivity contribution is 0.254. The maximum absolute atomic E-state index is 8.77. The largest absolute Gasteiger partial charge is 0.409 e. The third-order valence-electron chi connectivity index (χ3n) is 4.84. The van der Waals surface area contributed by atoms with Gasteiger partial charge >= 0.3 is 0 Å². The van der Waals surface area contributed by atoms with Crippen LogP contribution in [-0.2, 0) is 0 Å². The van der Waals surface area contributed by atoms with Crippen LogP contribution in [0.5, 0.6) is 0 Å². The second-order valence-corrected chi connectivity index (χ2v) is 6.79. The van der Waals surface area contributed by atoms with Crippen LogP contribution in [-0.4, -0.2) is 48.2 Å². The van der Waals surface area contributed by atoms with Gasteiger partial charge in [0.15, 0.2) is 5.84 Å². The number of halogens is 1. The van der Waals surface area contributed by atoms with Crippen molar-refractivity contribution in [3.05, 3.63) is 28.2 Å². The zero-order chi connectivity index (χ0) is 15.0. The number of hydrogen-bond donors (Lipinski definition) is 2. The summed E-state index contributed by atoms with van der Waals surface area (Å²) in [6.07, 6.45) is 3.83. The number of oxime groups is 1. The molecule has 2 aliphatic heterocycles. The van der Waals surface area contributed by atoms with Crippen molar-refractivity contribution >= 4 is 27.5 Å². The van der Waals surface area contributed by atoms with Gasteiger partial charge in [0.05, 0.1) is 5.69 Å². The van der Waals surface area contributed by atoms with Crippen molar-refractivity contribution in [1.29, 1.82) is 0 Å². The molecule has 3 rings (SSSR count). The van der Waals surface area contributed by atoms with Gasteiger partial charge in [-0.25, -0.2) is 0 Å². The number of likely N-dealkylation sites (N-methyl/N-ethyl adjacent to an activating group) is 1. The summed E-state index contributed by atoms with van der Waals surface area (Å²) >= 11 is 3.63. The van der Waals surface area contributed by atoms with E-state index >= 15 is 0 Å². The Morgan fingerprint density at radius 2 is 2.10 bits per heavy atom. The van der Waals surface area contributed by atoms with Crippen LogP contribution in [0.15, 0.2) is 27.8 Å². The predicted molar refractivity (Wildman–Crippen MR) is 88.1 cm³/mol. The van der Waals surface area contributed by atoms with Gasteiger partial charge in [-0.3, -0.25) is 4.90 Å². The summed E-state index contributed by atoms with van der Waals surface area (Å²) in [7, 11) is 2.25. The van der Waals surface area contributed by atoms with E-state index in [4.69, 9.17) is 10.9 Å². The van der Waals surface area contributed by atoms with Gasteiger partial charge in [-0.15, -0.1) is 0 Å². The highest BCUT2D eigenvalue weighted by Gasteiger charge is 2.34. The number of hydrogen-bond acceptors (Lipinski definition) is 4. The van der Waals surface area contributed by atoms with Crippen molar-refractivity contribution < 1.29 is 5.21 Å². The van der Waals surface area contributed by atoms with Crippen molar-refractivity contribution in [2.75, 3.05) is 25.0 Å². The van der Waals surface area contributed by atoms with Crippen LogP contribution in [0.1, 0.15) is 24.8 Å². The third-order valence-corrected chi connectivity index (χ3v) is 5.48. The van der Waals surface area contributed by atoms with Gasteiger partial charge in [-0.2, -0.15) is 0 Å². The minimum absolute atomic E-state index is 0.136. The average molecular weight is 353 g/mol. The molecule has 0 spiro atoms. The Labute approximate surface area is 133 Å². The van der Waals surface area contributed by atoms with E-state index in [-0.39, 0.29) is 5.84 Å². The molecule has 2 atom stereocenters. The molecule has 21 heavy (non-hydrogen) atoms. The number of nitrogens with two attached hydrogens (primary N) is 1. The highest BCUT2D eigenvalue weighted by Crippen LogP contribution is 2.34. The lowest BCUT2D eigenvalue weighted by Gasteiger charge is -2.28. The third kappa shape index (κ3) is 2.74. The van der Waals surface area contributed by atoms with Gasteiger partial charge < -0.3 is 15.8 Å². The maximum atomic E-state index is 8.77. The Morgan fingerprint density at radius 1 is 1.33 bits per heavy atom. The van der Waals surface area contributed by atoms with Crippen molar-refractivity contribution in [2.45, 2.75) is 31.3 Å². The summed E-state index contributed by atoms with van der Waals surface area (Å²) in [4.78, 5) is 4.99. The first kappa shape index (κ1) is 14.7. The van der Waals surface area contributed by atoms with Crippen LogP contribution in [0.2, 0.25) is 0 Å². The van der Waals surface area contributed by atoms with E-state index in [9.17, 15) is 0 Å². The smallest absolute Gasteiger partial charge is 0.170 e. The molecule has 3 N–H and O–H groups in total. The molecule has 2 aliphatic rings. The molecule has 2 bridgehead atoms. The Hall–Kier alpha value is -1.27. The number of amidine groups is 1. The predicted octanol–water partition coefficient (Wildman–Crippen LogP) is 2.22. The SMILES string of the molecule is CN1C2CCC1CN(c1ccc(/C(N)=N/O)cc1Br)CC2. The first-order valence-corrected chi connectivity index (χ1v) is 8.13. The molecule has 6 heteroatoms. The molecule has 0 aromatic heterocycles. The summed E-state index contributed by atoms with van der Waals surface area (Å²) in [6.45, 7) is 2.14. The molecule has 0 aliphatic carbocycles. The fourth-order valence-corrected chi connectivity index (χ4v) is 4.14. The van der Waals surface area contributed by atoms with E-state index in [1.165, 1.54) is 24.9 Å². The quantitative estimate of drug-likeness (QED) is 0.370. The van der Waals surface area contributed by atoms with Crippen LogP contribution in [0, 0.1) is 0 Å². The summed E-state index contributed by atoms with van der Waals surface area (Å²) in [5.41, 5.74) is 7.55. The number of rotatable bonds is 2. The molecule has 2 heterocycles. The van der Waals surface area contributed by atoms with Gasteiger partial charge in [0.2, 0.25) is 0 Å². The van der Waals surface area contributed by atoms with E-state index in [1.807, 2.05) is 12.1 Å². The van der Waals surface area contributed by atoms with Crippen LogP contribution in [0.3, 0.4) is 0 Å². The molecule has 1 aromatic rings. The fraction of sp³-hybridized carbons (Fsp3) is 0.533. The summed E-state index contributed by atoms with van der Waals surface area (Å²) in [5.74, 6) is 0.136. The molecule has 2 fully saturated rings. The average Bonchev–Trinajstić information content (AvgIpc) is 2.72. The van der Waals surface area contributed by atoms with Crippen LogP contribution in [0.25, 0.3) is 0 Å². The Balaban J connectivity index is 1.84. The number of nitrogens with zero attached hydrogens (tertiary/aromatic N) is 3. The van der Waals surface area contributed by atoms with E-state index in [0.717, 1.165) is 29.2 Å². The van der Waals surface area contributed by atoms with Crippen molar-refractivity contribution in [3.63, 3.8) is 0 Å². The van der Waals surface area contributed by atoms with E-state index in [2.05, 4.69) is 44.0 Å². The second-order valence-electron chi connectivity index (χ2n) is 5.94. The standard InChI is InChI=1S/C15H21BrN4O/c1-19-11-3-4-12(19)9-20(7-6-11)14-5-2-10(8-13(14)16)15(17)18-21/h2,5,8,11-12,21H,3-4,6-7,9H2,1H3,(H2,17,18). The number of fused-ring (bicyclic) bond motifs is 2. The molecular weight excluding hydrogens is 332 g/mol. The lowest BCUT2D eigenvalue weighted by Crippen LogP contribution is -2.36. The van der Waals surface area contributed by atoms with E-state index < -0.39 is 0 Å². The van der Waals surface area contributed by atoms with Gasteiger partial charge in [0.1, 0.15) is 0 Å². The summed E-state index contributed by atoms with van der Waals surface area (Å²) in [6, 6.07) is 7.25. The van der Waals surface area contributed by atoms with Gasteiger partial charge in [0.25, 0.3) is 0 Å². The maximum Gasteiger partial charge on any atom is 0.170 e. The van der Waals surface area contributed by atoms with Gasteiger partial charge in [-0.1, -0.05) is 5.16 Å². The topological polar surface area (TPSA) is 65.1 Å². The molecule has 2 unspecified atom stereocenters. The number of benzene rings is 1. The Morgan fingerprint density at radius 3 is 2.81 bits per heavy atom. The van der Waals surface area contributed by atoms with Crippen LogP contribution >= 0.6 is 15.9 Å². The van der Waals surface area contributed by atoms with Gasteiger partial charge in [0, 0.05) is 35.2 Å². The Kier molecular flexibility index (Phi) is 4.08. The van der Waals surface area contributed by atoms with E-state index in [1.54, 1.807) is 0 Å². The first-order chi connectivity index (χ1) is 10.1. The number of anilines is 1. The summed E-state index contributed by atoms with van der Waals surface area (Å²) < 4.78 is 0.993. The van der Waals surface area contributed by atoms with Crippen molar-refractivity contribution in [1.82, 2.24) is 4.90 Å². The minimum atomic E-state index is 0.136. The van der Waals surface area contributed by atoms with Crippen molar-refractivity contribution in [3.8, 4) is 0 Å². The monoisotopic (exact) mass is 352 g/mol. The molecule has 114 valence electrons. The van der Waals surface area contributed by atoms with E-state index in [0.29, 0.717) is 6.04 Å². The zero-order valence-corrected chi connectivity index (χ0v) is 13.8. The molecular formula is C15H21BrN4O. The highest BCUT2D eigenvalue weighted by molar-refractivity contribution is 9.10. The minimum Gasteiger partial charge on any atom is -0.409 e. The van der Waals surface area contributed by atoms with Crippen LogP contribution in [0.4, 0.5) is 5.69 Å². The molecule has 1 aromatic carbocycles. The molecule has 5 nitrogen and oxygen atoms in total. The molecule has 0 radical (unpaired) electrons. The second kappa shape index (κ2) is 5.85. The molecule has 2 saturated heterocycles. The van der Waals surface area contributed by atoms with Gasteiger partial charge in [-0.05, 0) is 60.4 Å². The molecule has 0 amide bonds. The highest BCUT2D eigenvalue weighted by atomic mass is 79.9. The Bertz CT molecular complexity index is 563. The zero-order valence-electron chi connectivity index (χ0n) is 12.2. The summed E-state index contributed by atoms with van der Waals surface area (Å²) in [5, 5.41) is 11.8. The van der Waals surface area contributed by atoms with Crippen molar-refractivity contribution in [2.24, 2.45) is 10.9 Å². The normalized spacial score (nSPS) is 27.0. The molecule has 0 saturated carbocycles. The van der Waals surface area contributed by atoms with Crippen LogP contribution < -0.4 is 10.6 Å².